The second kappa shape index (κ2) is 6.03. The Morgan fingerprint density at radius 3 is 2.45 bits per heavy atom. The first-order valence-electron chi connectivity index (χ1n) is 6.60. The van der Waals surface area contributed by atoms with Crippen LogP contribution in [0.15, 0.2) is 29.9 Å². The summed E-state index contributed by atoms with van der Waals surface area (Å²) in [5.41, 5.74) is 8.71. The molecule has 2 N–H and O–H groups in total. The normalized spacial score (nSPS) is 11.2. The van der Waals surface area contributed by atoms with Crippen LogP contribution in [0.25, 0.3) is 22.4 Å². The SMILES string of the molecule is COc1cc(/C=C/c2csc3c(N)ncnc23)cc(OC)c1. The summed E-state index contributed by atoms with van der Waals surface area (Å²) in [4.78, 5) is 8.30. The quantitative estimate of drug-likeness (QED) is 0.798. The highest BCUT2D eigenvalue weighted by Gasteiger charge is 2.06. The van der Waals surface area contributed by atoms with Gasteiger partial charge in [0.1, 0.15) is 23.6 Å². The first kappa shape index (κ1) is 14.3. The Balaban J connectivity index is 1.98. The van der Waals surface area contributed by atoms with E-state index in [9.17, 15) is 0 Å². The fourth-order valence-corrected chi connectivity index (χ4v) is 3.01. The lowest BCUT2D eigenvalue weighted by atomic mass is 10.1. The van der Waals surface area contributed by atoms with Crippen molar-refractivity contribution in [3.8, 4) is 11.5 Å². The number of fused-ring (bicyclic) bond motifs is 1. The molecule has 3 aromatic rings. The molecule has 6 heteroatoms. The van der Waals surface area contributed by atoms with Gasteiger partial charge in [0, 0.05) is 17.0 Å². The Kier molecular flexibility index (Phi) is 3.93. The number of aromatic nitrogens is 2. The van der Waals surface area contributed by atoms with Crippen LogP contribution in [0.2, 0.25) is 0 Å². The van der Waals surface area contributed by atoms with Crippen molar-refractivity contribution in [3.63, 3.8) is 0 Å². The topological polar surface area (TPSA) is 70.3 Å². The maximum absolute atomic E-state index is 5.85. The Hall–Kier alpha value is -2.60. The average molecular weight is 313 g/mol. The largest absolute Gasteiger partial charge is 0.497 e. The first-order valence-corrected chi connectivity index (χ1v) is 7.48. The molecule has 0 aliphatic heterocycles. The highest BCUT2D eigenvalue weighted by Crippen LogP contribution is 2.29. The molecule has 0 saturated carbocycles. The lowest BCUT2D eigenvalue weighted by Gasteiger charge is -2.05. The molecular weight excluding hydrogens is 298 g/mol. The van der Waals surface area contributed by atoms with E-state index in [1.165, 1.54) is 6.33 Å². The molecule has 0 saturated heterocycles. The summed E-state index contributed by atoms with van der Waals surface area (Å²) in [6.45, 7) is 0. The molecular formula is C16H15N3O2S. The summed E-state index contributed by atoms with van der Waals surface area (Å²) in [5.74, 6) is 2.01. The summed E-state index contributed by atoms with van der Waals surface area (Å²) in [6.07, 6.45) is 5.47. The minimum Gasteiger partial charge on any atom is -0.497 e. The van der Waals surface area contributed by atoms with Gasteiger partial charge in [-0.25, -0.2) is 9.97 Å². The molecule has 0 aliphatic carbocycles. The van der Waals surface area contributed by atoms with Gasteiger partial charge in [-0.15, -0.1) is 11.3 Å². The van der Waals surface area contributed by atoms with Crippen LogP contribution in [0.1, 0.15) is 11.1 Å². The van der Waals surface area contributed by atoms with Crippen LogP contribution < -0.4 is 15.2 Å². The van der Waals surface area contributed by atoms with Gasteiger partial charge in [-0.1, -0.05) is 12.2 Å². The van der Waals surface area contributed by atoms with Crippen molar-refractivity contribution < 1.29 is 9.47 Å². The highest BCUT2D eigenvalue weighted by atomic mass is 32.1. The number of thiophene rings is 1. The minimum atomic E-state index is 0.512. The van der Waals surface area contributed by atoms with E-state index >= 15 is 0 Å². The van der Waals surface area contributed by atoms with Gasteiger partial charge in [0.25, 0.3) is 0 Å². The van der Waals surface area contributed by atoms with Gasteiger partial charge in [-0.05, 0) is 17.7 Å². The average Bonchev–Trinajstić information content (AvgIpc) is 2.97. The van der Waals surface area contributed by atoms with Crippen LogP contribution in [0.3, 0.4) is 0 Å². The number of methoxy groups -OCH3 is 2. The van der Waals surface area contributed by atoms with Crippen LogP contribution in [0.4, 0.5) is 5.82 Å². The molecule has 1 aromatic carbocycles. The van der Waals surface area contributed by atoms with Crippen molar-refractivity contribution >= 4 is 39.5 Å². The molecule has 0 radical (unpaired) electrons. The second-order valence-electron chi connectivity index (χ2n) is 4.61. The van der Waals surface area contributed by atoms with E-state index in [-0.39, 0.29) is 0 Å². The molecule has 3 rings (SSSR count). The predicted molar refractivity (Wildman–Crippen MR) is 90.3 cm³/mol. The fraction of sp³-hybridized carbons (Fsp3) is 0.125. The maximum Gasteiger partial charge on any atom is 0.144 e. The van der Waals surface area contributed by atoms with E-state index in [1.807, 2.05) is 35.7 Å². The zero-order chi connectivity index (χ0) is 15.5. The third-order valence-corrected chi connectivity index (χ3v) is 4.25. The molecule has 0 bridgehead atoms. The summed E-state index contributed by atoms with van der Waals surface area (Å²) < 4.78 is 11.5. The van der Waals surface area contributed by atoms with E-state index < -0.39 is 0 Å². The highest BCUT2D eigenvalue weighted by molar-refractivity contribution is 7.18. The number of nitrogens with zero attached hydrogens (tertiary/aromatic N) is 2. The van der Waals surface area contributed by atoms with Crippen LogP contribution in [-0.4, -0.2) is 24.2 Å². The van der Waals surface area contributed by atoms with Crippen molar-refractivity contribution in [2.45, 2.75) is 0 Å². The van der Waals surface area contributed by atoms with Crippen LogP contribution in [0.5, 0.6) is 11.5 Å². The summed E-state index contributed by atoms with van der Waals surface area (Å²) in [7, 11) is 3.27. The van der Waals surface area contributed by atoms with E-state index in [4.69, 9.17) is 15.2 Å². The molecule has 0 amide bonds. The number of rotatable bonds is 4. The molecule has 0 spiro atoms. The minimum absolute atomic E-state index is 0.512. The molecule has 5 nitrogen and oxygen atoms in total. The van der Waals surface area contributed by atoms with Crippen molar-refractivity contribution in [3.05, 3.63) is 41.0 Å². The lowest BCUT2D eigenvalue weighted by molar-refractivity contribution is 0.394. The first-order chi connectivity index (χ1) is 10.7. The second-order valence-corrected chi connectivity index (χ2v) is 5.49. The zero-order valence-corrected chi connectivity index (χ0v) is 13.1. The van der Waals surface area contributed by atoms with Gasteiger partial charge in [0.15, 0.2) is 0 Å². The summed E-state index contributed by atoms with van der Waals surface area (Å²) >= 11 is 1.54. The zero-order valence-electron chi connectivity index (χ0n) is 12.2. The predicted octanol–water partition coefficient (Wildman–Crippen LogP) is 3.46. The van der Waals surface area contributed by atoms with Crippen LogP contribution in [0, 0.1) is 0 Å². The molecule has 2 aromatic heterocycles. The molecule has 2 heterocycles. The molecule has 0 fully saturated rings. The molecule has 0 aliphatic rings. The summed E-state index contributed by atoms with van der Waals surface area (Å²) in [5, 5.41) is 2.02. The molecule has 0 unspecified atom stereocenters. The number of benzene rings is 1. The van der Waals surface area contributed by atoms with Crippen molar-refractivity contribution in [1.29, 1.82) is 0 Å². The Morgan fingerprint density at radius 1 is 1.05 bits per heavy atom. The maximum atomic E-state index is 5.85. The van der Waals surface area contributed by atoms with Crippen molar-refractivity contribution in [1.82, 2.24) is 9.97 Å². The standard InChI is InChI=1S/C16H15N3O2S/c1-20-12-5-10(6-13(7-12)21-2)3-4-11-8-22-15-14(11)18-9-19-16(15)17/h3-9H,1-2H3,(H2,17,18,19)/b4-3+. The fourth-order valence-electron chi connectivity index (χ4n) is 2.12. The van der Waals surface area contributed by atoms with Gasteiger partial charge in [-0.2, -0.15) is 0 Å². The van der Waals surface area contributed by atoms with E-state index in [0.717, 1.165) is 32.8 Å². The number of nitrogens with two attached hydrogens (primary N) is 1. The molecule has 22 heavy (non-hydrogen) atoms. The monoisotopic (exact) mass is 313 g/mol. The Labute approximate surface area is 132 Å². The van der Waals surface area contributed by atoms with E-state index in [1.54, 1.807) is 25.6 Å². The Morgan fingerprint density at radius 2 is 1.77 bits per heavy atom. The third kappa shape index (κ3) is 2.73. The third-order valence-electron chi connectivity index (χ3n) is 3.24. The number of anilines is 1. The van der Waals surface area contributed by atoms with Crippen molar-refractivity contribution in [2.24, 2.45) is 0 Å². The molecule has 0 atom stereocenters. The molecule has 112 valence electrons. The Bertz CT molecular complexity index is 820. The van der Waals surface area contributed by atoms with Gasteiger partial charge in [0.05, 0.1) is 24.4 Å². The van der Waals surface area contributed by atoms with Crippen molar-refractivity contribution in [2.75, 3.05) is 20.0 Å². The summed E-state index contributed by atoms with van der Waals surface area (Å²) in [6, 6.07) is 5.72. The number of nitrogen functional groups attached to an aromatic ring is 1. The van der Waals surface area contributed by atoms with E-state index in [0.29, 0.717) is 5.82 Å². The van der Waals surface area contributed by atoms with Gasteiger partial charge in [-0.3, -0.25) is 0 Å². The number of ether oxygens (including phenoxy) is 2. The number of hydrogen-bond donors (Lipinski definition) is 1. The lowest BCUT2D eigenvalue weighted by Crippen LogP contribution is -1.90. The van der Waals surface area contributed by atoms with Gasteiger partial charge < -0.3 is 15.2 Å². The van der Waals surface area contributed by atoms with Gasteiger partial charge >= 0.3 is 0 Å². The van der Waals surface area contributed by atoms with E-state index in [2.05, 4.69) is 9.97 Å². The smallest absolute Gasteiger partial charge is 0.144 e. The van der Waals surface area contributed by atoms with Crippen LogP contribution >= 0.6 is 11.3 Å². The van der Waals surface area contributed by atoms with Crippen LogP contribution in [-0.2, 0) is 0 Å². The van der Waals surface area contributed by atoms with Gasteiger partial charge in [0.2, 0.25) is 0 Å². The number of hydrogen-bond acceptors (Lipinski definition) is 6.